The number of amides is 1. The van der Waals surface area contributed by atoms with Gasteiger partial charge in [0.15, 0.2) is 0 Å². The lowest BCUT2D eigenvalue weighted by molar-refractivity contribution is -0.0884. The van der Waals surface area contributed by atoms with Gasteiger partial charge in [0.25, 0.3) is 5.78 Å². The first-order valence-electron chi connectivity index (χ1n) is 6.67. The first-order valence-corrected chi connectivity index (χ1v) is 7.05. The smallest absolute Gasteiger partial charge is 0.317 e. The summed E-state index contributed by atoms with van der Waals surface area (Å²) in [5.41, 5.74) is -0.548. The maximum atomic E-state index is 12.7. The van der Waals surface area contributed by atoms with Crippen LogP contribution >= 0.6 is 11.6 Å². The second-order valence-electron chi connectivity index (χ2n) is 5.03. The molecule has 0 unspecified atom stereocenters. The van der Waals surface area contributed by atoms with Crippen molar-refractivity contribution < 1.29 is 27.6 Å². The van der Waals surface area contributed by atoms with Crippen LogP contribution in [0.25, 0.3) is 10.9 Å². The number of alkyl halides is 3. The van der Waals surface area contributed by atoms with Crippen LogP contribution in [0.2, 0.25) is 5.02 Å². The number of ketones is 1. The minimum Gasteiger partial charge on any atom is -0.317 e. The summed E-state index contributed by atoms with van der Waals surface area (Å²) in [4.78, 5) is 29.9. The minimum absolute atomic E-state index is 0.0335. The molecule has 9 heteroatoms. The number of Topliss-reactive ketones (excluding diaryl/α,β-unsaturated/α-hetero) is 1. The van der Waals surface area contributed by atoms with Gasteiger partial charge in [0.1, 0.15) is 0 Å². The number of carbonyl (C=O) groups excluding carboxylic acids is 2. The van der Waals surface area contributed by atoms with Crippen molar-refractivity contribution in [3.8, 4) is 0 Å². The highest BCUT2D eigenvalue weighted by Gasteiger charge is 2.41. The van der Waals surface area contributed by atoms with Crippen molar-refractivity contribution in [1.29, 1.82) is 0 Å². The molecule has 5 nitrogen and oxygen atoms in total. The van der Waals surface area contributed by atoms with E-state index < -0.39 is 23.6 Å². The van der Waals surface area contributed by atoms with Crippen molar-refractivity contribution in [3.63, 3.8) is 0 Å². The summed E-state index contributed by atoms with van der Waals surface area (Å²) in [5, 5.41) is -0.137. The Morgan fingerprint density at radius 2 is 1.91 bits per heavy atom. The van der Waals surface area contributed by atoms with Crippen molar-refractivity contribution in [3.05, 3.63) is 35.0 Å². The van der Waals surface area contributed by atoms with E-state index in [2.05, 4.69) is 0 Å². The molecule has 0 aliphatic carbocycles. The number of halogens is 4. The molecule has 1 aromatic heterocycles. The van der Waals surface area contributed by atoms with Gasteiger partial charge in [-0.25, -0.2) is 4.79 Å². The van der Waals surface area contributed by atoms with Crippen LogP contribution in [0.4, 0.5) is 18.0 Å². The van der Waals surface area contributed by atoms with Gasteiger partial charge in [-0.3, -0.25) is 4.79 Å². The second kappa shape index (κ2) is 5.45. The normalized spacial score (nSPS) is 14.7. The molecule has 1 saturated heterocycles. The zero-order valence-electron chi connectivity index (χ0n) is 11.6. The number of fused-ring (bicyclic) bond motifs is 1. The number of nitrogens with zero attached hydrogens (tertiary/aromatic N) is 2. The highest BCUT2D eigenvalue weighted by molar-refractivity contribution is 6.37. The van der Waals surface area contributed by atoms with Gasteiger partial charge in [-0.05, 0) is 18.6 Å². The molecular weight excluding hydrogens is 337 g/mol. The number of hydrogen-bond donors (Lipinski definition) is 0. The van der Waals surface area contributed by atoms with Gasteiger partial charge < -0.3 is 9.74 Å². The number of carbonyl (C=O) groups is 2. The number of hydrogen-bond acceptors (Lipinski definition) is 3. The fraction of sp³-hybridized carbons (Fsp3) is 0.286. The summed E-state index contributed by atoms with van der Waals surface area (Å²) >= 11 is 5.92. The molecule has 2 heterocycles. The number of benzene rings is 1. The number of rotatable bonds is 2. The Kier molecular flexibility index (Phi) is 3.71. The van der Waals surface area contributed by atoms with E-state index in [0.29, 0.717) is 13.1 Å². The van der Waals surface area contributed by atoms with Crippen LogP contribution in [0.5, 0.6) is 0 Å². The van der Waals surface area contributed by atoms with Gasteiger partial charge in [0.05, 0.1) is 22.3 Å². The van der Waals surface area contributed by atoms with Crippen molar-refractivity contribution in [2.24, 2.45) is 0 Å². The van der Waals surface area contributed by atoms with Crippen LogP contribution in [0.3, 0.4) is 0 Å². The number of aromatic nitrogens is 1. The van der Waals surface area contributed by atoms with Crippen LogP contribution < -0.4 is 4.84 Å². The SMILES string of the molecule is O=C(On1cc(C(=O)C(F)(F)F)c2c(Cl)cccc21)N1CCC1. The van der Waals surface area contributed by atoms with Crippen LogP contribution in [0.15, 0.2) is 24.4 Å². The zero-order chi connectivity index (χ0) is 16.8. The molecule has 0 N–H and O–H groups in total. The molecule has 3 rings (SSSR count). The third-order valence-corrected chi connectivity index (χ3v) is 3.85. The molecule has 1 fully saturated rings. The molecule has 23 heavy (non-hydrogen) atoms. The summed E-state index contributed by atoms with van der Waals surface area (Å²) in [7, 11) is 0. The maximum absolute atomic E-state index is 12.7. The van der Waals surface area contributed by atoms with Crippen LogP contribution in [0.1, 0.15) is 16.8 Å². The lowest BCUT2D eigenvalue weighted by Crippen LogP contribution is -2.45. The first kappa shape index (κ1) is 15.7. The van der Waals surface area contributed by atoms with Crippen LogP contribution in [-0.4, -0.2) is 40.8 Å². The second-order valence-corrected chi connectivity index (χ2v) is 5.43. The molecular formula is C14H10ClF3N2O3. The fourth-order valence-electron chi connectivity index (χ4n) is 2.26. The van der Waals surface area contributed by atoms with Gasteiger partial charge in [0.2, 0.25) is 0 Å². The van der Waals surface area contributed by atoms with Crippen molar-refractivity contribution in [1.82, 2.24) is 9.63 Å². The lowest BCUT2D eigenvalue weighted by Gasteiger charge is -2.29. The third kappa shape index (κ3) is 2.74. The summed E-state index contributed by atoms with van der Waals surface area (Å²) in [5.74, 6) is -2.05. The molecule has 1 amide bonds. The molecule has 0 spiro atoms. The van der Waals surface area contributed by atoms with Gasteiger partial charge >= 0.3 is 12.3 Å². The van der Waals surface area contributed by atoms with Gasteiger partial charge in [-0.2, -0.15) is 17.9 Å². The standard InChI is InChI=1S/C14H10ClF3N2O3/c15-9-3-1-4-10-11(9)8(12(21)14(16,17)18)7-20(10)23-13(22)19-5-2-6-19/h1,3-4,7H,2,5-6H2. The largest absolute Gasteiger partial charge is 0.454 e. The van der Waals surface area contributed by atoms with Gasteiger partial charge in [0, 0.05) is 18.5 Å². The Balaban J connectivity index is 2.07. The van der Waals surface area contributed by atoms with Crippen LogP contribution in [-0.2, 0) is 0 Å². The fourth-order valence-corrected chi connectivity index (χ4v) is 2.53. The molecule has 0 atom stereocenters. The van der Waals surface area contributed by atoms with E-state index >= 15 is 0 Å². The van der Waals surface area contributed by atoms with E-state index in [1.165, 1.54) is 23.1 Å². The monoisotopic (exact) mass is 346 g/mol. The van der Waals surface area contributed by atoms with E-state index in [1.54, 1.807) is 0 Å². The molecule has 1 aliphatic heterocycles. The first-order chi connectivity index (χ1) is 10.8. The van der Waals surface area contributed by atoms with Crippen molar-refractivity contribution in [2.45, 2.75) is 12.6 Å². The van der Waals surface area contributed by atoms with E-state index in [9.17, 15) is 22.8 Å². The molecule has 0 bridgehead atoms. The quantitative estimate of drug-likeness (QED) is 0.784. The molecule has 1 aliphatic rings. The summed E-state index contributed by atoms with van der Waals surface area (Å²) in [6.07, 6.45) is -4.08. The summed E-state index contributed by atoms with van der Waals surface area (Å²) < 4.78 is 39.1. The third-order valence-electron chi connectivity index (χ3n) is 3.54. The average Bonchev–Trinajstić information content (AvgIpc) is 2.75. The highest BCUT2D eigenvalue weighted by atomic mass is 35.5. The van der Waals surface area contributed by atoms with E-state index in [4.69, 9.17) is 16.4 Å². The molecule has 2 aromatic rings. The predicted molar refractivity (Wildman–Crippen MR) is 75.5 cm³/mol. The topological polar surface area (TPSA) is 51.5 Å². The van der Waals surface area contributed by atoms with Gasteiger partial charge in [-0.1, -0.05) is 17.7 Å². The van der Waals surface area contributed by atoms with Crippen molar-refractivity contribution in [2.75, 3.05) is 13.1 Å². The Bertz CT molecular complexity index is 796. The summed E-state index contributed by atoms with van der Waals surface area (Å²) in [6, 6.07) is 4.26. The van der Waals surface area contributed by atoms with Crippen molar-refractivity contribution >= 4 is 34.4 Å². The molecule has 0 saturated carbocycles. The Labute approximate surface area is 133 Å². The summed E-state index contributed by atoms with van der Waals surface area (Å²) in [6.45, 7) is 1.04. The van der Waals surface area contributed by atoms with E-state index in [1.807, 2.05) is 0 Å². The molecule has 122 valence electrons. The average molecular weight is 347 g/mol. The Morgan fingerprint density at radius 3 is 2.48 bits per heavy atom. The predicted octanol–water partition coefficient (Wildman–Crippen LogP) is 3.29. The zero-order valence-corrected chi connectivity index (χ0v) is 12.3. The molecule has 0 radical (unpaired) electrons. The number of likely N-dealkylation sites (tertiary alicyclic amines) is 1. The van der Waals surface area contributed by atoms with E-state index in [0.717, 1.165) is 17.3 Å². The molecule has 1 aromatic carbocycles. The van der Waals surface area contributed by atoms with Crippen LogP contribution in [0, 0.1) is 0 Å². The van der Waals surface area contributed by atoms with E-state index in [-0.39, 0.29) is 15.9 Å². The van der Waals surface area contributed by atoms with Gasteiger partial charge in [-0.15, -0.1) is 0 Å². The Morgan fingerprint density at radius 1 is 1.22 bits per heavy atom. The Hall–Kier alpha value is -2.22. The highest BCUT2D eigenvalue weighted by Crippen LogP contribution is 2.32. The maximum Gasteiger partial charge on any atom is 0.454 e. The minimum atomic E-state index is -5.06. The lowest BCUT2D eigenvalue weighted by atomic mass is 10.1.